The quantitative estimate of drug-likeness (QED) is 0.830. The molecule has 0 unspecified atom stereocenters. The van der Waals surface area contributed by atoms with E-state index in [1.54, 1.807) is 0 Å². The molecule has 6 heteroatoms. The van der Waals surface area contributed by atoms with Gasteiger partial charge < -0.3 is 14.8 Å². The summed E-state index contributed by atoms with van der Waals surface area (Å²) in [5.41, 5.74) is 3.06. The molecule has 0 fully saturated rings. The molecule has 2 aromatic rings. The molecule has 20 heavy (non-hydrogen) atoms. The van der Waals surface area contributed by atoms with Gasteiger partial charge in [0.25, 0.3) is 0 Å². The summed E-state index contributed by atoms with van der Waals surface area (Å²) in [6.45, 7) is 2.21. The van der Waals surface area contributed by atoms with Crippen molar-refractivity contribution in [2.75, 3.05) is 12.1 Å². The number of aromatic amines is 1. The molecule has 0 saturated heterocycles. The molecule has 1 amide bonds. The van der Waals surface area contributed by atoms with Crippen molar-refractivity contribution < 1.29 is 14.3 Å². The molecule has 1 aromatic carbocycles. The van der Waals surface area contributed by atoms with E-state index in [1.807, 2.05) is 25.1 Å². The van der Waals surface area contributed by atoms with E-state index in [0.717, 1.165) is 28.3 Å². The number of benzene rings is 1. The summed E-state index contributed by atoms with van der Waals surface area (Å²) in [4.78, 5) is 11.8. The van der Waals surface area contributed by atoms with Gasteiger partial charge in [0.15, 0.2) is 17.3 Å². The number of fused-ring (bicyclic) bond motifs is 2. The van der Waals surface area contributed by atoms with Gasteiger partial charge in [-0.25, -0.2) is 0 Å². The third kappa shape index (κ3) is 1.57. The fourth-order valence-electron chi connectivity index (χ4n) is 2.84. The number of nitrogens with zero attached hydrogens (tertiary/aromatic N) is 1. The van der Waals surface area contributed by atoms with Crippen LogP contribution in [0, 0.1) is 6.92 Å². The highest BCUT2D eigenvalue weighted by Gasteiger charge is 2.31. The number of hydrogen-bond acceptors (Lipinski definition) is 4. The second-order valence-electron chi connectivity index (χ2n) is 5.03. The second-order valence-corrected chi connectivity index (χ2v) is 5.03. The predicted molar refractivity (Wildman–Crippen MR) is 71.0 cm³/mol. The lowest BCUT2D eigenvalue weighted by atomic mass is 9.86. The topological polar surface area (TPSA) is 76.2 Å². The van der Waals surface area contributed by atoms with Gasteiger partial charge in [-0.2, -0.15) is 5.10 Å². The highest BCUT2D eigenvalue weighted by Crippen LogP contribution is 2.41. The van der Waals surface area contributed by atoms with Gasteiger partial charge in [0.1, 0.15) is 0 Å². The molecule has 0 aliphatic carbocycles. The molecule has 0 bridgehead atoms. The van der Waals surface area contributed by atoms with Crippen molar-refractivity contribution >= 4 is 11.7 Å². The molecule has 2 aliphatic rings. The average molecular weight is 271 g/mol. The van der Waals surface area contributed by atoms with Crippen LogP contribution in [-0.2, 0) is 4.79 Å². The molecule has 102 valence electrons. The Morgan fingerprint density at radius 3 is 3.05 bits per heavy atom. The van der Waals surface area contributed by atoms with Gasteiger partial charge in [-0.05, 0) is 24.6 Å². The minimum absolute atomic E-state index is 0.00741. The normalized spacial score (nSPS) is 19.6. The number of rotatable bonds is 1. The van der Waals surface area contributed by atoms with Crippen LogP contribution in [0.15, 0.2) is 18.2 Å². The first-order chi connectivity index (χ1) is 9.72. The summed E-state index contributed by atoms with van der Waals surface area (Å²) in [6, 6.07) is 5.81. The highest BCUT2D eigenvalue weighted by atomic mass is 16.7. The van der Waals surface area contributed by atoms with E-state index in [0.29, 0.717) is 12.2 Å². The molecule has 4 rings (SSSR count). The van der Waals surface area contributed by atoms with E-state index in [2.05, 4.69) is 15.5 Å². The Morgan fingerprint density at radius 1 is 1.30 bits per heavy atom. The minimum atomic E-state index is -0.0216. The van der Waals surface area contributed by atoms with Gasteiger partial charge in [-0.3, -0.25) is 9.89 Å². The summed E-state index contributed by atoms with van der Waals surface area (Å²) in [5.74, 6) is 2.08. The van der Waals surface area contributed by atoms with E-state index >= 15 is 0 Å². The number of nitrogens with one attached hydrogen (secondary N) is 2. The molecule has 0 spiro atoms. The Morgan fingerprint density at radius 2 is 2.15 bits per heavy atom. The van der Waals surface area contributed by atoms with E-state index in [9.17, 15) is 4.79 Å². The SMILES string of the molecule is Cc1[nH]nc2c1[C@H](c1ccc3c(c1)OCO3)CC(=O)N2. The molecule has 0 saturated carbocycles. The molecule has 6 nitrogen and oxygen atoms in total. The third-order valence-corrected chi connectivity index (χ3v) is 3.79. The summed E-state index contributed by atoms with van der Waals surface area (Å²) in [7, 11) is 0. The zero-order chi connectivity index (χ0) is 13.7. The smallest absolute Gasteiger partial charge is 0.231 e. The standard InChI is InChI=1S/C14H13N3O3/c1-7-13-9(5-12(18)15-14(13)17-16-7)8-2-3-10-11(4-8)20-6-19-10/h2-4,9H,5-6H2,1H3,(H2,15,16,17,18)/t9-/m0/s1. The second kappa shape index (κ2) is 4.00. The number of hydrogen-bond donors (Lipinski definition) is 2. The van der Waals surface area contributed by atoms with Gasteiger partial charge in [-0.15, -0.1) is 0 Å². The van der Waals surface area contributed by atoms with Gasteiger partial charge in [0, 0.05) is 23.6 Å². The van der Waals surface area contributed by atoms with Crippen molar-refractivity contribution in [1.29, 1.82) is 0 Å². The van der Waals surface area contributed by atoms with Crippen LogP contribution in [0.4, 0.5) is 5.82 Å². The molecule has 0 radical (unpaired) electrons. The summed E-state index contributed by atoms with van der Waals surface area (Å²) < 4.78 is 10.7. The zero-order valence-corrected chi connectivity index (χ0v) is 10.9. The first-order valence-electron chi connectivity index (χ1n) is 6.46. The maximum Gasteiger partial charge on any atom is 0.231 e. The van der Waals surface area contributed by atoms with Crippen molar-refractivity contribution in [3.05, 3.63) is 35.0 Å². The van der Waals surface area contributed by atoms with Crippen molar-refractivity contribution in [2.45, 2.75) is 19.3 Å². The van der Waals surface area contributed by atoms with E-state index in [1.165, 1.54) is 0 Å². The maximum absolute atomic E-state index is 11.8. The van der Waals surface area contributed by atoms with E-state index in [4.69, 9.17) is 9.47 Å². The van der Waals surface area contributed by atoms with E-state index in [-0.39, 0.29) is 18.6 Å². The van der Waals surface area contributed by atoms with Crippen LogP contribution < -0.4 is 14.8 Å². The predicted octanol–water partition coefficient (Wildman–Crippen LogP) is 1.92. The van der Waals surface area contributed by atoms with Crippen molar-refractivity contribution in [3.63, 3.8) is 0 Å². The lowest BCUT2D eigenvalue weighted by Crippen LogP contribution is -2.23. The van der Waals surface area contributed by atoms with Crippen LogP contribution in [-0.4, -0.2) is 22.9 Å². The average Bonchev–Trinajstić information content (AvgIpc) is 3.04. The Kier molecular flexibility index (Phi) is 2.26. The number of aromatic nitrogens is 2. The zero-order valence-electron chi connectivity index (χ0n) is 10.9. The van der Waals surface area contributed by atoms with Gasteiger partial charge in [0.05, 0.1) is 0 Å². The maximum atomic E-state index is 11.8. The summed E-state index contributed by atoms with van der Waals surface area (Å²) >= 11 is 0. The first-order valence-corrected chi connectivity index (χ1v) is 6.46. The lowest BCUT2D eigenvalue weighted by molar-refractivity contribution is -0.116. The van der Waals surface area contributed by atoms with Crippen LogP contribution >= 0.6 is 0 Å². The number of ether oxygens (including phenoxy) is 2. The molecular formula is C14H13N3O3. The third-order valence-electron chi connectivity index (χ3n) is 3.79. The summed E-state index contributed by atoms with van der Waals surface area (Å²) in [5, 5.41) is 9.87. The van der Waals surface area contributed by atoms with Crippen LogP contribution in [0.25, 0.3) is 0 Å². The number of amides is 1. The monoisotopic (exact) mass is 271 g/mol. The number of carbonyl (C=O) groups excluding carboxylic acids is 1. The number of aryl methyl sites for hydroxylation is 1. The molecule has 3 heterocycles. The fourth-order valence-corrected chi connectivity index (χ4v) is 2.84. The number of H-pyrrole nitrogens is 1. The number of anilines is 1. The van der Waals surface area contributed by atoms with Crippen LogP contribution in [0.1, 0.15) is 29.2 Å². The van der Waals surface area contributed by atoms with Crippen molar-refractivity contribution in [1.82, 2.24) is 10.2 Å². The van der Waals surface area contributed by atoms with Gasteiger partial charge in [0.2, 0.25) is 12.7 Å². The highest BCUT2D eigenvalue weighted by molar-refractivity contribution is 5.94. The van der Waals surface area contributed by atoms with Crippen molar-refractivity contribution in [3.8, 4) is 11.5 Å². The minimum Gasteiger partial charge on any atom is -0.454 e. The fraction of sp³-hybridized carbons (Fsp3) is 0.286. The summed E-state index contributed by atoms with van der Waals surface area (Å²) in [6.07, 6.45) is 0.410. The molecule has 1 aromatic heterocycles. The van der Waals surface area contributed by atoms with Crippen LogP contribution in [0.3, 0.4) is 0 Å². The molecule has 1 atom stereocenters. The Labute approximate surface area is 115 Å². The Bertz CT molecular complexity index is 708. The lowest BCUT2D eigenvalue weighted by Gasteiger charge is -2.23. The first kappa shape index (κ1) is 11.3. The Balaban J connectivity index is 1.82. The molecular weight excluding hydrogens is 258 g/mol. The molecule has 2 N–H and O–H groups in total. The van der Waals surface area contributed by atoms with Crippen LogP contribution in [0.2, 0.25) is 0 Å². The Hall–Kier alpha value is -2.50. The van der Waals surface area contributed by atoms with Crippen LogP contribution in [0.5, 0.6) is 11.5 Å². The van der Waals surface area contributed by atoms with E-state index < -0.39 is 0 Å². The molecule has 2 aliphatic heterocycles. The largest absolute Gasteiger partial charge is 0.454 e. The van der Waals surface area contributed by atoms with Crippen molar-refractivity contribution in [2.24, 2.45) is 0 Å². The van der Waals surface area contributed by atoms with Gasteiger partial charge >= 0.3 is 0 Å². The number of carbonyl (C=O) groups is 1. The van der Waals surface area contributed by atoms with Gasteiger partial charge in [-0.1, -0.05) is 6.07 Å².